The first kappa shape index (κ1) is 8.61. The van der Waals surface area contributed by atoms with E-state index in [1.165, 1.54) is 0 Å². The van der Waals surface area contributed by atoms with Gasteiger partial charge < -0.3 is 5.11 Å². The summed E-state index contributed by atoms with van der Waals surface area (Å²) in [6.07, 6.45) is 3.11. The molecule has 2 aromatic heterocycles. The summed E-state index contributed by atoms with van der Waals surface area (Å²) in [5.74, 6) is -0.208. The normalized spacial score (nSPS) is 10.6. The minimum atomic E-state index is -0.925. The highest BCUT2D eigenvalue weighted by molar-refractivity contribution is 5.72. The van der Waals surface area contributed by atoms with E-state index in [4.69, 9.17) is 5.11 Å². The molecule has 0 aromatic carbocycles. The summed E-state index contributed by atoms with van der Waals surface area (Å²) in [5, 5.41) is 16.3. The van der Waals surface area contributed by atoms with Crippen LogP contribution in [0.5, 0.6) is 0 Å². The van der Waals surface area contributed by atoms with Crippen LogP contribution in [0.1, 0.15) is 11.5 Å². The van der Waals surface area contributed by atoms with E-state index in [1.54, 1.807) is 23.7 Å². The lowest BCUT2D eigenvalue weighted by Crippen LogP contribution is -2.05. The first-order valence-corrected chi connectivity index (χ1v) is 4.05. The number of carbonyl (C=O) groups is 1. The van der Waals surface area contributed by atoms with Crippen molar-refractivity contribution in [3.8, 4) is 0 Å². The van der Waals surface area contributed by atoms with Gasteiger partial charge >= 0.3 is 5.97 Å². The lowest BCUT2D eigenvalue weighted by molar-refractivity contribution is -0.136. The highest BCUT2D eigenvalue weighted by Crippen LogP contribution is 2.07. The molecule has 0 aliphatic heterocycles. The number of aryl methyl sites for hydroxylation is 1. The molecule has 0 bridgehead atoms. The number of fused-ring (bicyclic) bond motifs is 1. The fraction of sp³-hybridized carbons (Fsp3) is 0.250. The van der Waals surface area contributed by atoms with Gasteiger partial charge in [-0.1, -0.05) is 0 Å². The Morgan fingerprint density at radius 3 is 3.07 bits per heavy atom. The Labute approximate surface area is 79.2 Å². The summed E-state index contributed by atoms with van der Waals surface area (Å²) < 4.78 is 1.71. The zero-order chi connectivity index (χ0) is 10.1. The molecule has 14 heavy (non-hydrogen) atoms. The quantitative estimate of drug-likeness (QED) is 0.727. The predicted octanol–water partition coefficient (Wildman–Crippen LogP) is 0.0598. The molecule has 0 fully saturated rings. The van der Waals surface area contributed by atoms with Crippen LogP contribution in [0.2, 0.25) is 0 Å². The summed E-state index contributed by atoms with van der Waals surface area (Å²) in [4.78, 5) is 14.5. The molecule has 1 N–H and O–H groups in total. The third-order valence-electron chi connectivity index (χ3n) is 1.89. The van der Waals surface area contributed by atoms with E-state index in [1.807, 2.05) is 0 Å². The average Bonchev–Trinajstić information content (AvgIpc) is 2.49. The Balaban J connectivity index is 2.59. The Hall–Kier alpha value is -1.98. The van der Waals surface area contributed by atoms with Crippen molar-refractivity contribution in [1.82, 2.24) is 19.6 Å². The van der Waals surface area contributed by atoms with Crippen molar-refractivity contribution in [1.29, 1.82) is 0 Å². The highest BCUT2D eigenvalue weighted by atomic mass is 16.4. The first-order valence-electron chi connectivity index (χ1n) is 4.05. The first-order chi connectivity index (χ1) is 6.68. The van der Waals surface area contributed by atoms with Crippen LogP contribution in [0, 0.1) is 6.92 Å². The van der Waals surface area contributed by atoms with E-state index in [2.05, 4.69) is 15.2 Å². The molecule has 6 heteroatoms. The molecule has 0 aliphatic carbocycles. The third-order valence-corrected chi connectivity index (χ3v) is 1.89. The van der Waals surface area contributed by atoms with Gasteiger partial charge in [-0.2, -0.15) is 0 Å². The standard InChI is InChI=1S/C8H8N4O2/c1-5-10-11-8-6(4-7(13)14)9-2-3-12(5)8/h2-3H,4H2,1H3,(H,13,14). The van der Waals surface area contributed by atoms with Crippen LogP contribution in [0.4, 0.5) is 0 Å². The fourth-order valence-electron chi connectivity index (χ4n) is 1.26. The van der Waals surface area contributed by atoms with Crippen LogP contribution >= 0.6 is 0 Å². The lowest BCUT2D eigenvalue weighted by Gasteiger charge is -1.98. The summed E-state index contributed by atoms with van der Waals surface area (Å²) in [5.41, 5.74) is 0.938. The minimum Gasteiger partial charge on any atom is -0.481 e. The van der Waals surface area contributed by atoms with Crippen LogP contribution in [-0.2, 0) is 11.2 Å². The topological polar surface area (TPSA) is 80.4 Å². The van der Waals surface area contributed by atoms with E-state index >= 15 is 0 Å². The molecule has 2 heterocycles. The molecule has 6 nitrogen and oxygen atoms in total. The van der Waals surface area contributed by atoms with Crippen LogP contribution in [-0.4, -0.2) is 30.7 Å². The smallest absolute Gasteiger partial charge is 0.309 e. The maximum atomic E-state index is 10.5. The molecular weight excluding hydrogens is 184 g/mol. The number of aromatic nitrogens is 4. The molecule has 2 rings (SSSR count). The van der Waals surface area contributed by atoms with Gasteiger partial charge in [0.2, 0.25) is 0 Å². The SMILES string of the molecule is Cc1nnc2c(CC(=O)O)nccn12. The number of rotatable bonds is 2. The molecule has 0 radical (unpaired) electrons. The van der Waals surface area contributed by atoms with E-state index in [9.17, 15) is 4.79 Å². The van der Waals surface area contributed by atoms with E-state index in [0.29, 0.717) is 17.2 Å². The van der Waals surface area contributed by atoms with Crippen molar-refractivity contribution < 1.29 is 9.90 Å². The zero-order valence-corrected chi connectivity index (χ0v) is 7.51. The van der Waals surface area contributed by atoms with Crippen molar-refractivity contribution in [2.45, 2.75) is 13.3 Å². The Bertz CT molecular complexity index is 491. The molecule has 72 valence electrons. The predicted molar refractivity (Wildman–Crippen MR) is 46.9 cm³/mol. The van der Waals surface area contributed by atoms with Crippen molar-refractivity contribution in [2.24, 2.45) is 0 Å². The molecular formula is C8H8N4O2. The summed E-state index contributed by atoms with van der Waals surface area (Å²) >= 11 is 0. The summed E-state index contributed by atoms with van der Waals surface area (Å²) in [6.45, 7) is 1.80. The zero-order valence-electron chi connectivity index (χ0n) is 7.51. The molecule has 0 amide bonds. The van der Waals surface area contributed by atoms with Crippen molar-refractivity contribution in [3.63, 3.8) is 0 Å². The third kappa shape index (κ3) is 1.30. The Kier molecular flexibility index (Phi) is 1.88. The van der Waals surface area contributed by atoms with Gasteiger partial charge in [0.15, 0.2) is 5.65 Å². The summed E-state index contributed by atoms with van der Waals surface area (Å²) in [7, 11) is 0. The number of carboxylic acids is 1. The maximum Gasteiger partial charge on any atom is 0.309 e. The number of aliphatic carboxylic acids is 1. The molecule has 0 spiro atoms. The van der Waals surface area contributed by atoms with Gasteiger partial charge in [0.1, 0.15) is 5.82 Å². The van der Waals surface area contributed by atoms with E-state index < -0.39 is 5.97 Å². The van der Waals surface area contributed by atoms with E-state index in [0.717, 1.165) is 0 Å². The number of carboxylic acid groups (broad SMARTS) is 1. The maximum absolute atomic E-state index is 10.5. The minimum absolute atomic E-state index is 0.136. The Morgan fingerprint density at radius 1 is 1.57 bits per heavy atom. The largest absolute Gasteiger partial charge is 0.481 e. The second-order valence-electron chi connectivity index (χ2n) is 2.89. The van der Waals surface area contributed by atoms with Gasteiger partial charge in [0.25, 0.3) is 0 Å². The fourth-order valence-corrected chi connectivity index (χ4v) is 1.26. The van der Waals surface area contributed by atoms with Crippen molar-refractivity contribution in [2.75, 3.05) is 0 Å². The van der Waals surface area contributed by atoms with Crippen LogP contribution in [0.3, 0.4) is 0 Å². The summed E-state index contributed by atoms with van der Waals surface area (Å²) in [6, 6.07) is 0. The van der Waals surface area contributed by atoms with Gasteiger partial charge in [-0.25, -0.2) is 0 Å². The molecule has 2 aromatic rings. The lowest BCUT2D eigenvalue weighted by atomic mass is 10.3. The Morgan fingerprint density at radius 2 is 2.36 bits per heavy atom. The highest BCUT2D eigenvalue weighted by Gasteiger charge is 2.10. The van der Waals surface area contributed by atoms with Gasteiger partial charge in [0, 0.05) is 12.4 Å². The molecule has 0 unspecified atom stereocenters. The van der Waals surface area contributed by atoms with Crippen LogP contribution in [0.15, 0.2) is 12.4 Å². The van der Waals surface area contributed by atoms with Gasteiger partial charge in [-0.05, 0) is 6.92 Å². The van der Waals surface area contributed by atoms with E-state index in [-0.39, 0.29) is 6.42 Å². The molecule has 0 aliphatic rings. The second-order valence-corrected chi connectivity index (χ2v) is 2.89. The number of hydrogen-bond donors (Lipinski definition) is 1. The molecule has 0 saturated carbocycles. The average molecular weight is 192 g/mol. The second kappa shape index (κ2) is 3.06. The molecule has 0 saturated heterocycles. The number of nitrogens with zero attached hydrogens (tertiary/aromatic N) is 4. The van der Waals surface area contributed by atoms with Crippen molar-refractivity contribution in [3.05, 3.63) is 23.9 Å². The number of hydrogen-bond acceptors (Lipinski definition) is 4. The molecule has 0 atom stereocenters. The van der Waals surface area contributed by atoms with Gasteiger partial charge in [-0.15, -0.1) is 10.2 Å². The van der Waals surface area contributed by atoms with Crippen molar-refractivity contribution >= 4 is 11.6 Å². The van der Waals surface area contributed by atoms with Crippen LogP contribution < -0.4 is 0 Å². The van der Waals surface area contributed by atoms with Crippen LogP contribution in [0.25, 0.3) is 5.65 Å². The van der Waals surface area contributed by atoms with Gasteiger partial charge in [-0.3, -0.25) is 14.2 Å². The monoisotopic (exact) mass is 192 g/mol. The van der Waals surface area contributed by atoms with Gasteiger partial charge in [0.05, 0.1) is 12.1 Å².